The largest absolute Gasteiger partial charge is 0.309 e. The SMILES string of the molecule is c1ccc(-c2ccc3c(c2)c2cc(-c4ccccc4)ccc2n3-c2ccc3cc4c(cc3c2)-c2cc3ccc(-n5c6ccc(-c7ccccc7)cc6c6cc(-c7ccccc7)ccc65)cc3cc2-4)cc1. The van der Waals surface area contributed by atoms with E-state index in [2.05, 4.69) is 264 Å². The highest BCUT2D eigenvalue weighted by molar-refractivity contribution is 6.15. The molecule has 0 fully saturated rings. The van der Waals surface area contributed by atoms with Gasteiger partial charge in [-0.25, -0.2) is 0 Å². The van der Waals surface area contributed by atoms with Crippen molar-refractivity contribution >= 4 is 65.2 Å². The van der Waals surface area contributed by atoms with Crippen molar-refractivity contribution in [2.75, 3.05) is 0 Å². The summed E-state index contributed by atoms with van der Waals surface area (Å²) < 4.78 is 4.90. The van der Waals surface area contributed by atoms with E-state index in [1.807, 2.05) is 0 Å². The van der Waals surface area contributed by atoms with Crippen molar-refractivity contribution in [2.45, 2.75) is 0 Å². The van der Waals surface area contributed by atoms with Crippen LogP contribution in [0.15, 0.2) is 255 Å². The number of hydrogen-bond donors (Lipinski definition) is 0. The van der Waals surface area contributed by atoms with Crippen LogP contribution >= 0.6 is 0 Å². The average molecular weight is 887 g/mol. The maximum Gasteiger partial charge on any atom is 0.0541 e. The van der Waals surface area contributed by atoms with E-state index in [1.54, 1.807) is 0 Å². The van der Waals surface area contributed by atoms with Gasteiger partial charge in [0.1, 0.15) is 0 Å². The molecule has 2 heteroatoms. The van der Waals surface area contributed by atoms with E-state index in [0.717, 1.165) is 11.4 Å². The summed E-state index contributed by atoms with van der Waals surface area (Å²) in [5.41, 5.74) is 22.2. The van der Waals surface area contributed by atoms with Crippen LogP contribution in [-0.4, -0.2) is 9.13 Å². The molecular formula is C68H42N2. The van der Waals surface area contributed by atoms with Gasteiger partial charge in [-0.15, -0.1) is 0 Å². The van der Waals surface area contributed by atoms with Crippen molar-refractivity contribution in [3.63, 3.8) is 0 Å². The molecule has 0 radical (unpaired) electrons. The number of nitrogens with zero attached hydrogens (tertiary/aromatic N) is 2. The summed E-state index contributed by atoms with van der Waals surface area (Å²) in [7, 11) is 0. The van der Waals surface area contributed by atoms with Crippen molar-refractivity contribution in [2.24, 2.45) is 0 Å². The molecule has 2 nitrogen and oxygen atoms in total. The number of rotatable bonds is 6. The molecular weight excluding hydrogens is 845 g/mol. The number of fused-ring (bicyclic) bond motifs is 12. The molecule has 1 aliphatic rings. The van der Waals surface area contributed by atoms with Gasteiger partial charge < -0.3 is 9.13 Å². The molecule has 1 aliphatic carbocycles. The van der Waals surface area contributed by atoms with E-state index >= 15 is 0 Å². The molecule has 0 spiro atoms. The minimum atomic E-state index is 1.16. The Kier molecular flexibility index (Phi) is 8.39. The molecule has 15 rings (SSSR count). The summed E-state index contributed by atoms with van der Waals surface area (Å²) >= 11 is 0. The van der Waals surface area contributed by atoms with Crippen LogP contribution in [0, 0.1) is 0 Å². The number of aromatic nitrogens is 2. The fourth-order valence-corrected chi connectivity index (χ4v) is 11.5. The molecule has 0 saturated heterocycles. The Bertz CT molecular complexity index is 3930. The minimum absolute atomic E-state index is 1.16. The number of hydrogen-bond acceptors (Lipinski definition) is 0. The molecule has 2 aromatic heterocycles. The molecule has 12 aromatic carbocycles. The van der Waals surface area contributed by atoms with Crippen LogP contribution in [0.1, 0.15) is 0 Å². The highest BCUT2D eigenvalue weighted by Crippen LogP contribution is 2.51. The molecule has 70 heavy (non-hydrogen) atoms. The van der Waals surface area contributed by atoms with Gasteiger partial charge in [0.15, 0.2) is 0 Å². The van der Waals surface area contributed by atoms with Crippen LogP contribution in [0.5, 0.6) is 0 Å². The van der Waals surface area contributed by atoms with Crippen molar-refractivity contribution < 1.29 is 0 Å². The first kappa shape index (κ1) is 38.8. The van der Waals surface area contributed by atoms with Gasteiger partial charge in [0.2, 0.25) is 0 Å². The Morgan fingerprint density at radius 2 is 0.457 bits per heavy atom. The molecule has 0 N–H and O–H groups in total. The summed E-state index contributed by atoms with van der Waals surface area (Å²) in [6, 6.07) is 94.3. The van der Waals surface area contributed by atoms with Gasteiger partial charge in [0.05, 0.1) is 22.1 Å². The Morgan fingerprint density at radius 1 is 0.186 bits per heavy atom. The van der Waals surface area contributed by atoms with Crippen molar-refractivity contribution in [1.29, 1.82) is 0 Å². The lowest BCUT2D eigenvalue weighted by atomic mass is 9.78. The monoisotopic (exact) mass is 886 g/mol. The molecule has 0 aliphatic heterocycles. The second-order valence-corrected chi connectivity index (χ2v) is 18.9. The third kappa shape index (κ3) is 6.00. The van der Waals surface area contributed by atoms with E-state index in [-0.39, 0.29) is 0 Å². The maximum absolute atomic E-state index is 2.45. The number of benzene rings is 12. The first-order chi connectivity index (χ1) is 34.7. The van der Waals surface area contributed by atoms with Crippen LogP contribution in [0.2, 0.25) is 0 Å². The highest BCUT2D eigenvalue weighted by Gasteiger charge is 2.25. The van der Waals surface area contributed by atoms with Crippen LogP contribution in [-0.2, 0) is 0 Å². The highest BCUT2D eigenvalue weighted by atomic mass is 15.0. The predicted octanol–water partition coefficient (Wildman–Crippen LogP) is 18.5. The van der Waals surface area contributed by atoms with E-state index < -0.39 is 0 Å². The van der Waals surface area contributed by atoms with Crippen LogP contribution in [0.25, 0.3) is 143 Å². The predicted molar refractivity (Wildman–Crippen MR) is 296 cm³/mol. The van der Waals surface area contributed by atoms with Gasteiger partial charge in [-0.3, -0.25) is 0 Å². The van der Waals surface area contributed by atoms with E-state index in [0.29, 0.717) is 0 Å². The molecule has 14 aromatic rings. The Morgan fingerprint density at radius 3 is 0.743 bits per heavy atom. The summed E-state index contributed by atoms with van der Waals surface area (Å²) in [6.07, 6.45) is 0. The topological polar surface area (TPSA) is 9.86 Å². The van der Waals surface area contributed by atoms with E-state index in [4.69, 9.17) is 0 Å². The van der Waals surface area contributed by atoms with Crippen LogP contribution in [0.3, 0.4) is 0 Å². The zero-order valence-electron chi connectivity index (χ0n) is 38.1. The molecule has 0 saturated carbocycles. The Labute approximate surface area is 405 Å². The molecule has 0 amide bonds. The molecule has 0 unspecified atom stereocenters. The van der Waals surface area contributed by atoms with E-state index in [1.165, 1.54) is 132 Å². The van der Waals surface area contributed by atoms with Gasteiger partial charge >= 0.3 is 0 Å². The van der Waals surface area contributed by atoms with Gasteiger partial charge in [0, 0.05) is 32.9 Å². The summed E-state index contributed by atoms with van der Waals surface area (Å²) in [5.74, 6) is 0. The zero-order valence-corrected chi connectivity index (χ0v) is 38.1. The van der Waals surface area contributed by atoms with Gasteiger partial charge in [-0.1, -0.05) is 158 Å². The van der Waals surface area contributed by atoms with Crippen molar-refractivity contribution in [3.8, 4) is 78.1 Å². The average Bonchev–Trinajstić information content (AvgIpc) is 3.94. The first-order valence-corrected chi connectivity index (χ1v) is 24.2. The first-order valence-electron chi connectivity index (χ1n) is 24.2. The molecule has 2 heterocycles. The Balaban J connectivity index is 0.830. The second kappa shape index (κ2) is 15.1. The van der Waals surface area contributed by atoms with Crippen LogP contribution < -0.4 is 0 Å². The third-order valence-electron chi connectivity index (χ3n) is 15.0. The fraction of sp³-hybridized carbons (Fsp3) is 0. The van der Waals surface area contributed by atoms with Crippen LogP contribution in [0.4, 0.5) is 0 Å². The minimum Gasteiger partial charge on any atom is -0.309 e. The molecule has 0 atom stereocenters. The normalized spacial score (nSPS) is 12.0. The lowest BCUT2D eigenvalue weighted by Gasteiger charge is -2.26. The van der Waals surface area contributed by atoms with Gasteiger partial charge in [-0.2, -0.15) is 0 Å². The third-order valence-corrected chi connectivity index (χ3v) is 15.0. The quantitative estimate of drug-likeness (QED) is 0.157. The van der Waals surface area contributed by atoms with Crippen molar-refractivity contribution in [1.82, 2.24) is 9.13 Å². The standard InChI is InChI=1S/C68H42N2/c1-5-13-43(14-6-1)47-23-29-65-61(37-47)62-38-48(44-15-7-2-8-16-44)24-30-66(62)69(65)55-27-21-51-35-57-59(41-53(51)33-55)58-36-52-22-28-56(34-54(52)42-60(57)58)70-67-31-25-49(45-17-9-3-10-18-45)39-63(67)64-40-50(26-32-68(64)70)46-19-11-4-12-20-46/h1-42H. The second-order valence-electron chi connectivity index (χ2n) is 18.9. The molecule has 324 valence electrons. The van der Waals surface area contributed by atoms with Gasteiger partial charge in [0.25, 0.3) is 0 Å². The lowest BCUT2D eigenvalue weighted by molar-refractivity contribution is 1.19. The Hall–Kier alpha value is -9.24. The zero-order chi connectivity index (χ0) is 45.9. The summed E-state index contributed by atoms with van der Waals surface area (Å²) in [4.78, 5) is 0. The molecule has 0 bridgehead atoms. The lowest BCUT2D eigenvalue weighted by Crippen LogP contribution is -2.00. The summed E-state index contributed by atoms with van der Waals surface area (Å²) in [6.45, 7) is 0. The maximum atomic E-state index is 2.45. The smallest absolute Gasteiger partial charge is 0.0541 e. The van der Waals surface area contributed by atoms with E-state index in [9.17, 15) is 0 Å². The fourth-order valence-electron chi connectivity index (χ4n) is 11.5. The van der Waals surface area contributed by atoms with Gasteiger partial charge in [-0.05, 0) is 185 Å². The van der Waals surface area contributed by atoms with Crippen molar-refractivity contribution in [3.05, 3.63) is 255 Å². The summed E-state index contributed by atoms with van der Waals surface area (Å²) in [5, 5.41) is 9.99.